The molecule has 1 aromatic heterocycles. The van der Waals surface area contributed by atoms with Crippen LogP contribution < -0.4 is 4.72 Å². The summed E-state index contributed by atoms with van der Waals surface area (Å²) in [7, 11) is -3.33. The number of nitrogens with one attached hydrogen (secondary N) is 2. The van der Waals surface area contributed by atoms with Crippen LogP contribution in [-0.4, -0.2) is 53.8 Å². The number of aromatic amines is 1. The lowest BCUT2D eigenvalue weighted by atomic mass is 9.99. The Morgan fingerprint density at radius 1 is 0.976 bits per heavy atom. The molecular weight excluding hydrogens is 544 g/mol. The fourth-order valence-corrected chi connectivity index (χ4v) is 5.67. The number of carbonyl (C=O) groups is 1. The SMILES string of the molecule is Cc1cc(C)cc(-c2[nH]c3ccc([N+](=O)[O-])cc3c2CCN(CCCCc2ccc(NS(C)(=O)=O)cc2)C(=O)O)c1. The molecule has 216 valence electrons. The lowest BCUT2D eigenvalue weighted by Crippen LogP contribution is -2.32. The molecule has 4 aromatic rings. The first-order valence-electron chi connectivity index (χ1n) is 13.3. The van der Waals surface area contributed by atoms with Crippen LogP contribution in [0.4, 0.5) is 16.2 Å². The number of nitro benzene ring substituents is 1. The highest BCUT2D eigenvalue weighted by atomic mass is 32.2. The van der Waals surface area contributed by atoms with Gasteiger partial charge in [0.2, 0.25) is 10.0 Å². The van der Waals surface area contributed by atoms with E-state index < -0.39 is 21.0 Å². The molecule has 1 heterocycles. The van der Waals surface area contributed by atoms with Crippen molar-refractivity contribution in [3.05, 3.63) is 93.0 Å². The summed E-state index contributed by atoms with van der Waals surface area (Å²) < 4.78 is 25.2. The van der Waals surface area contributed by atoms with Crippen molar-refractivity contribution in [3.63, 3.8) is 0 Å². The number of benzene rings is 3. The minimum absolute atomic E-state index is 0.0139. The van der Waals surface area contributed by atoms with Crippen molar-refractivity contribution >= 4 is 38.4 Å². The molecule has 11 heteroatoms. The van der Waals surface area contributed by atoms with Gasteiger partial charge in [0.25, 0.3) is 5.69 Å². The summed E-state index contributed by atoms with van der Waals surface area (Å²) in [6.45, 7) is 4.62. The molecule has 0 saturated heterocycles. The van der Waals surface area contributed by atoms with Crippen LogP contribution in [0.5, 0.6) is 0 Å². The minimum Gasteiger partial charge on any atom is -0.465 e. The summed E-state index contributed by atoms with van der Waals surface area (Å²) in [6, 6.07) is 18.0. The largest absolute Gasteiger partial charge is 0.465 e. The van der Waals surface area contributed by atoms with E-state index in [1.54, 1.807) is 24.3 Å². The molecule has 0 fully saturated rings. The van der Waals surface area contributed by atoms with E-state index >= 15 is 0 Å². The number of anilines is 1. The standard InChI is InChI=1S/C30H34N4O6S/c1-20-16-21(2)18-23(17-20)29-26(27-19-25(34(37)38)11-12-28(27)31-29)13-15-33(30(35)36)14-5-4-6-22-7-9-24(10-8-22)32-41(3,39)40/h7-12,16-19,31-32H,4-6,13-15H2,1-3H3,(H,35,36). The Hall–Kier alpha value is -4.38. The molecule has 41 heavy (non-hydrogen) atoms. The third-order valence-electron chi connectivity index (χ3n) is 6.91. The molecule has 0 atom stereocenters. The first kappa shape index (κ1) is 29.6. The van der Waals surface area contributed by atoms with Crippen LogP contribution in [0.3, 0.4) is 0 Å². The van der Waals surface area contributed by atoms with E-state index in [1.165, 1.54) is 11.0 Å². The highest BCUT2D eigenvalue weighted by Crippen LogP contribution is 2.34. The van der Waals surface area contributed by atoms with Crippen molar-refractivity contribution in [2.24, 2.45) is 0 Å². The highest BCUT2D eigenvalue weighted by molar-refractivity contribution is 7.92. The van der Waals surface area contributed by atoms with Crippen LogP contribution >= 0.6 is 0 Å². The number of aryl methyl sites for hydroxylation is 3. The van der Waals surface area contributed by atoms with Gasteiger partial charge in [-0.15, -0.1) is 0 Å². The maximum Gasteiger partial charge on any atom is 0.407 e. The fraction of sp³-hybridized carbons (Fsp3) is 0.300. The summed E-state index contributed by atoms with van der Waals surface area (Å²) in [5, 5.41) is 22.1. The smallest absolute Gasteiger partial charge is 0.407 e. The molecule has 0 radical (unpaired) electrons. The van der Waals surface area contributed by atoms with Gasteiger partial charge in [0, 0.05) is 47.5 Å². The molecule has 0 aliphatic carbocycles. The molecule has 10 nitrogen and oxygen atoms in total. The van der Waals surface area contributed by atoms with E-state index in [2.05, 4.69) is 15.8 Å². The third kappa shape index (κ3) is 7.85. The number of nitro groups is 1. The topological polar surface area (TPSA) is 146 Å². The third-order valence-corrected chi connectivity index (χ3v) is 7.52. The van der Waals surface area contributed by atoms with Gasteiger partial charge < -0.3 is 15.0 Å². The average molecular weight is 579 g/mol. The van der Waals surface area contributed by atoms with Crippen molar-refractivity contribution in [3.8, 4) is 11.3 Å². The van der Waals surface area contributed by atoms with Crippen LogP contribution in [-0.2, 0) is 22.9 Å². The van der Waals surface area contributed by atoms with E-state index in [0.717, 1.165) is 58.1 Å². The Kier molecular flexibility index (Phi) is 8.97. The van der Waals surface area contributed by atoms with Gasteiger partial charge in [-0.1, -0.05) is 29.3 Å². The van der Waals surface area contributed by atoms with E-state index in [9.17, 15) is 28.4 Å². The molecule has 4 rings (SSSR count). The number of hydrogen-bond acceptors (Lipinski definition) is 5. The van der Waals surface area contributed by atoms with Crippen molar-refractivity contribution in [1.29, 1.82) is 0 Å². The number of H-pyrrole nitrogens is 1. The number of non-ortho nitro benzene ring substituents is 1. The molecule has 0 bridgehead atoms. The van der Waals surface area contributed by atoms with E-state index in [4.69, 9.17) is 0 Å². The molecule has 0 aliphatic heterocycles. The van der Waals surface area contributed by atoms with Gasteiger partial charge in [-0.25, -0.2) is 13.2 Å². The number of amides is 1. The zero-order valence-corrected chi connectivity index (χ0v) is 24.1. The summed E-state index contributed by atoms with van der Waals surface area (Å²) >= 11 is 0. The summed E-state index contributed by atoms with van der Waals surface area (Å²) in [5.74, 6) is 0. The molecule has 1 amide bonds. The summed E-state index contributed by atoms with van der Waals surface area (Å²) in [5.41, 5.74) is 7.10. The zero-order chi connectivity index (χ0) is 29.7. The monoisotopic (exact) mass is 578 g/mol. The Morgan fingerprint density at radius 3 is 2.27 bits per heavy atom. The van der Waals surface area contributed by atoms with Gasteiger partial charge in [0.15, 0.2) is 0 Å². The Morgan fingerprint density at radius 2 is 1.66 bits per heavy atom. The lowest BCUT2D eigenvalue weighted by Gasteiger charge is -2.19. The van der Waals surface area contributed by atoms with Crippen molar-refractivity contribution in [2.45, 2.75) is 39.5 Å². The predicted octanol–water partition coefficient (Wildman–Crippen LogP) is 6.28. The maximum absolute atomic E-state index is 12.1. The predicted molar refractivity (Wildman–Crippen MR) is 161 cm³/mol. The highest BCUT2D eigenvalue weighted by Gasteiger charge is 2.19. The van der Waals surface area contributed by atoms with Crippen LogP contribution in [0.1, 0.15) is 35.1 Å². The van der Waals surface area contributed by atoms with Gasteiger partial charge in [-0.2, -0.15) is 0 Å². The van der Waals surface area contributed by atoms with Crippen LogP contribution in [0.2, 0.25) is 0 Å². The maximum atomic E-state index is 12.1. The second kappa shape index (κ2) is 12.4. The molecule has 3 N–H and O–H groups in total. The van der Waals surface area contributed by atoms with Gasteiger partial charge in [0.05, 0.1) is 11.2 Å². The van der Waals surface area contributed by atoms with Crippen LogP contribution in [0, 0.1) is 24.0 Å². The van der Waals surface area contributed by atoms with Crippen molar-refractivity contribution < 1.29 is 23.2 Å². The number of rotatable bonds is 12. The molecule has 0 spiro atoms. The van der Waals surface area contributed by atoms with Crippen molar-refractivity contribution in [2.75, 3.05) is 24.1 Å². The lowest BCUT2D eigenvalue weighted by molar-refractivity contribution is -0.384. The van der Waals surface area contributed by atoms with Gasteiger partial charge in [-0.05, 0) is 86.6 Å². The Bertz CT molecular complexity index is 1660. The van der Waals surface area contributed by atoms with Crippen LogP contribution in [0.15, 0.2) is 60.7 Å². The quantitative estimate of drug-likeness (QED) is 0.102. The van der Waals surface area contributed by atoms with E-state index in [-0.39, 0.29) is 12.2 Å². The number of unbranched alkanes of at least 4 members (excludes halogenated alkanes) is 1. The number of hydrogen-bond donors (Lipinski definition) is 3. The van der Waals surface area contributed by atoms with Crippen LogP contribution in [0.25, 0.3) is 22.2 Å². The zero-order valence-electron chi connectivity index (χ0n) is 23.3. The molecular formula is C30H34N4O6S. The second-order valence-electron chi connectivity index (χ2n) is 10.4. The molecule has 3 aromatic carbocycles. The number of carboxylic acid groups (broad SMARTS) is 1. The summed E-state index contributed by atoms with van der Waals surface area (Å²) in [4.78, 5) is 28.0. The molecule has 0 unspecified atom stereocenters. The molecule has 0 aliphatic rings. The van der Waals surface area contributed by atoms with Gasteiger partial charge in [-0.3, -0.25) is 14.8 Å². The average Bonchev–Trinajstić information content (AvgIpc) is 3.25. The van der Waals surface area contributed by atoms with Gasteiger partial charge in [0.1, 0.15) is 0 Å². The number of fused-ring (bicyclic) bond motifs is 1. The van der Waals surface area contributed by atoms with E-state index in [0.29, 0.717) is 30.5 Å². The number of aromatic nitrogens is 1. The Labute approximate surface area is 239 Å². The Balaban J connectivity index is 1.47. The van der Waals surface area contributed by atoms with Crippen molar-refractivity contribution in [1.82, 2.24) is 9.88 Å². The number of sulfonamides is 1. The number of nitrogens with zero attached hydrogens (tertiary/aromatic N) is 2. The van der Waals surface area contributed by atoms with Gasteiger partial charge >= 0.3 is 6.09 Å². The molecule has 0 saturated carbocycles. The summed E-state index contributed by atoms with van der Waals surface area (Å²) in [6.07, 6.45) is 2.62. The minimum atomic E-state index is -3.33. The fourth-order valence-electron chi connectivity index (χ4n) is 5.11. The normalized spacial score (nSPS) is 11.5. The first-order valence-corrected chi connectivity index (χ1v) is 15.2. The van der Waals surface area contributed by atoms with E-state index in [1.807, 2.05) is 38.1 Å². The second-order valence-corrected chi connectivity index (χ2v) is 12.1. The first-order chi connectivity index (χ1) is 19.4.